The van der Waals surface area contributed by atoms with Crippen LogP contribution in [0.1, 0.15) is 30.5 Å². The third-order valence-electron chi connectivity index (χ3n) is 7.14. The summed E-state index contributed by atoms with van der Waals surface area (Å²) in [5, 5.41) is 15.4. The molecule has 0 saturated heterocycles. The molecular weight excluding hydrogens is 957 g/mol. The molecule has 0 amide bonds. The number of Topliss-reactive ketones (excluding diaryl/α,β-unsaturated/α-hetero) is 1. The normalized spacial score (nSPS) is 10.5. The summed E-state index contributed by atoms with van der Waals surface area (Å²) in [6.45, 7) is 24.9. The monoisotopic (exact) mass is 1000 g/mol. The van der Waals surface area contributed by atoms with Crippen molar-refractivity contribution < 1.29 is 46.0 Å². The molecule has 65 heavy (non-hydrogen) atoms. The van der Waals surface area contributed by atoms with E-state index in [2.05, 4.69) is 54.1 Å². The fraction of sp³-hybridized carbons (Fsp3) is 0.233. The summed E-state index contributed by atoms with van der Waals surface area (Å²) < 4.78 is 56.3. The molecule has 11 nitrogen and oxygen atoms in total. The number of aldehydes is 1. The number of aryl methyl sites for hydroxylation is 1. The van der Waals surface area contributed by atoms with Gasteiger partial charge in [-0.2, -0.15) is 0 Å². The second-order valence-electron chi connectivity index (χ2n) is 15.1. The molecule has 22 heteroatoms. The Morgan fingerprint density at radius 2 is 1.15 bits per heavy atom. The Hall–Kier alpha value is -4.60. The van der Waals surface area contributed by atoms with Gasteiger partial charge < -0.3 is 25.9 Å². The number of aromatic amines is 1. The van der Waals surface area contributed by atoms with Gasteiger partial charge in [0.05, 0.1) is 29.2 Å². The van der Waals surface area contributed by atoms with Crippen LogP contribution < -0.4 is 35.9 Å². The number of nitrogen functional groups attached to an aromatic ring is 2. The van der Waals surface area contributed by atoms with Crippen LogP contribution in [0.3, 0.4) is 0 Å². The number of nitrogens with one attached hydrogen (secondary N) is 3. The number of benzene rings is 4. The zero-order chi connectivity index (χ0) is 49.7. The Morgan fingerprint density at radius 3 is 1.45 bits per heavy atom. The van der Waals surface area contributed by atoms with Crippen molar-refractivity contribution in [3.63, 3.8) is 0 Å². The minimum Gasteiger partial charge on any atom is -0.668 e. The molecule has 0 aliphatic rings. The van der Waals surface area contributed by atoms with E-state index < -0.39 is 45.7 Å². The average Bonchev–Trinajstić information content (AvgIpc) is 3.19. The maximum atomic E-state index is 13.5. The van der Waals surface area contributed by atoms with E-state index in [0.717, 1.165) is 0 Å². The molecule has 0 saturated carbocycles. The van der Waals surface area contributed by atoms with Crippen molar-refractivity contribution in [2.24, 2.45) is 17.4 Å². The van der Waals surface area contributed by atoms with Crippen LogP contribution in [0.2, 0.25) is 59.4 Å². The number of H-pyrrole nitrogens is 1. The smallest absolute Gasteiger partial charge is 0.668 e. The molecule has 0 spiro atoms. The third kappa shape index (κ3) is 26.2. The van der Waals surface area contributed by atoms with Crippen LogP contribution in [0.25, 0.3) is 20.9 Å². The van der Waals surface area contributed by atoms with Gasteiger partial charge in [0.1, 0.15) is 52.8 Å². The fourth-order valence-corrected chi connectivity index (χ4v) is 13.1. The molecule has 5 aromatic rings. The van der Waals surface area contributed by atoms with Crippen molar-refractivity contribution in [1.82, 2.24) is 9.97 Å². The number of amidine groups is 2. The van der Waals surface area contributed by atoms with Crippen LogP contribution in [0, 0.1) is 53.5 Å². The molecule has 0 radical (unpaired) electrons. The molecule has 7 N–H and O–H groups in total. The predicted molar refractivity (Wildman–Crippen MR) is 258 cm³/mol. The molecule has 4 aromatic carbocycles. The second-order valence-corrected chi connectivity index (χ2v) is 26.5. The van der Waals surface area contributed by atoms with Crippen molar-refractivity contribution in [1.29, 1.82) is 10.8 Å². The Kier molecular flexibility index (Phi) is 28.7. The van der Waals surface area contributed by atoms with E-state index in [1.54, 1.807) is 13.8 Å². The van der Waals surface area contributed by atoms with Crippen LogP contribution in [0.15, 0.2) is 83.8 Å². The molecule has 5 rings (SSSR count). The van der Waals surface area contributed by atoms with Gasteiger partial charge in [-0.15, -0.1) is 0 Å². The number of hydrogen-bond acceptors (Lipinski definition) is 6. The Balaban J connectivity index is 0. The molecule has 0 aliphatic carbocycles. The van der Waals surface area contributed by atoms with Gasteiger partial charge in [-0.3, -0.25) is 20.4 Å². The van der Waals surface area contributed by atoms with E-state index in [1.807, 2.05) is 0 Å². The Bertz CT molecular complexity index is 2430. The largest absolute Gasteiger partial charge is 1.00 e. The number of rotatable bonds is 7. The summed E-state index contributed by atoms with van der Waals surface area (Å²) in [6.07, 6.45) is 2.04. The van der Waals surface area contributed by atoms with Crippen molar-refractivity contribution >= 4 is 92.3 Å². The molecular formula is C43H49Cl4F4LiN8O3Si2. The topological polar surface area (TPSA) is 198 Å². The van der Waals surface area contributed by atoms with Gasteiger partial charge in [0.2, 0.25) is 5.69 Å². The summed E-state index contributed by atoms with van der Waals surface area (Å²) in [6, 6.07) is 15.8. The van der Waals surface area contributed by atoms with Gasteiger partial charge in [0, 0.05) is 31.9 Å². The third-order valence-corrected chi connectivity index (χ3v) is 13.4. The van der Waals surface area contributed by atoms with E-state index >= 15 is 0 Å². The first-order valence-electron chi connectivity index (χ1n) is 18.5. The van der Waals surface area contributed by atoms with E-state index in [0.29, 0.717) is 31.9 Å². The van der Waals surface area contributed by atoms with Crippen molar-refractivity contribution in [3.8, 4) is 11.4 Å². The van der Waals surface area contributed by atoms with Gasteiger partial charge in [-0.1, -0.05) is 102 Å². The van der Waals surface area contributed by atoms with Gasteiger partial charge in [-0.25, -0.2) is 27.4 Å². The minimum absolute atomic E-state index is 0. The van der Waals surface area contributed by atoms with E-state index in [4.69, 9.17) is 79.9 Å². The van der Waals surface area contributed by atoms with Crippen molar-refractivity contribution in [2.75, 3.05) is 0 Å². The summed E-state index contributed by atoms with van der Waals surface area (Å²) in [5.41, 5.74) is 10.6. The first kappa shape index (κ1) is 62.5. The number of hydrogen-bond donors (Lipinski definition) is 5. The average molecular weight is 1010 g/mol. The number of aromatic nitrogens is 2. The Morgan fingerprint density at radius 1 is 0.769 bits per heavy atom. The quantitative estimate of drug-likeness (QED) is 0.0205. The van der Waals surface area contributed by atoms with Crippen LogP contribution in [-0.2, 0) is 9.59 Å². The molecule has 0 bridgehead atoms. The second kappa shape index (κ2) is 29.8. The first-order valence-corrected chi connectivity index (χ1v) is 27.0. The maximum Gasteiger partial charge on any atom is 1.00 e. The maximum absolute atomic E-state index is 13.5. The molecule has 0 fully saturated rings. The van der Waals surface area contributed by atoms with Gasteiger partial charge in [-0.05, 0) is 93.6 Å². The predicted octanol–water partition coefficient (Wildman–Crippen LogP) is 9.54. The number of carbonyl (C=O) groups excluding carboxylic acids is 2. The zero-order valence-electron chi connectivity index (χ0n) is 37.4. The fourth-order valence-electron chi connectivity index (χ4n) is 4.36. The first-order chi connectivity index (χ1) is 29.4. The number of nitrogens with two attached hydrogens (primary N) is 2. The van der Waals surface area contributed by atoms with E-state index in [-0.39, 0.29) is 70.1 Å². The van der Waals surface area contributed by atoms with Gasteiger partial charge in [0.25, 0.3) is 5.56 Å². The van der Waals surface area contributed by atoms with Crippen LogP contribution in [0.4, 0.5) is 23.2 Å². The zero-order valence-corrected chi connectivity index (χ0v) is 42.4. The Labute approximate surface area is 410 Å². The van der Waals surface area contributed by atoms with E-state index in [1.165, 1.54) is 85.9 Å². The van der Waals surface area contributed by atoms with Crippen LogP contribution in [0.5, 0.6) is 0 Å². The van der Waals surface area contributed by atoms with Crippen molar-refractivity contribution in [2.45, 2.75) is 60.1 Å². The van der Waals surface area contributed by atoms with Crippen LogP contribution in [-0.4, -0.2) is 50.2 Å². The summed E-state index contributed by atoms with van der Waals surface area (Å²) >= 11 is 22.3. The standard InChI is InChI=1S/C11H8ClFN2O.2C7H6ClFN2.C7H3ClFN.C6H18NSi2.C5H8O2.Li/c1-6-5-14-10(15-11(6)16)8-4-7(12)2-3-9(8)13;2*8-4-1-2-6(9)5(3-4)7(10)11;1-10-7-4-5(8)2-3-6(7)9;1-8(2,3)7-9(4,5)6;1-4(3-6)5(2)7;/h2-5H,1H3,(H,14,15,16);2*1-3H,(H3,10,11);2-4H;1-6H3;3-4H,1-2H3;/q;;;;-1;;+1. The number of halogens is 8. The van der Waals surface area contributed by atoms with Crippen molar-refractivity contribution in [3.05, 3.63) is 165 Å². The molecule has 344 valence electrons. The molecule has 1 unspecified atom stereocenters. The molecule has 1 aromatic heterocycles. The van der Waals surface area contributed by atoms with Crippen LogP contribution >= 0.6 is 46.4 Å². The molecule has 1 heterocycles. The SMILES string of the molecule is CC(=O)C(C)C=O.C[Si](C)(C)[N-][Si](C)(C)C.Cc1cnc(-c2cc(Cl)ccc2F)[nH]c1=O.N=C(N)c1cc(Cl)ccc1F.N=C(N)c1cc(Cl)ccc1F.[C-]#[N+]c1cc(Cl)ccc1F.[Li+]. The minimum atomic E-state index is -1.11. The summed E-state index contributed by atoms with van der Waals surface area (Å²) in [4.78, 5) is 40.6. The van der Waals surface area contributed by atoms with E-state index in [9.17, 15) is 31.9 Å². The summed E-state index contributed by atoms with van der Waals surface area (Å²) in [5.74, 6) is -3.00. The van der Waals surface area contributed by atoms with Gasteiger partial charge in [0.15, 0.2) is 0 Å². The van der Waals surface area contributed by atoms with Gasteiger partial charge >= 0.3 is 18.9 Å². The number of ketones is 1. The summed E-state index contributed by atoms with van der Waals surface area (Å²) in [7, 11) is -2.21. The molecule has 0 aliphatic heterocycles. The number of carbonyl (C=O) groups is 2. The molecule has 1 atom stereocenters. The number of nitrogens with zero attached hydrogens (tertiary/aromatic N) is 3.